The number of nitrogens with one attached hydrogen (secondary N) is 1. The Morgan fingerprint density at radius 2 is 1.44 bits per heavy atom. The fourth-order valence-electron chi connectivity index (χ4n) is 8.00. The van der Waals surface area contributed by atoms with Gasteiger partial charge in [0.05, 0.1) is 81.3 Å². The number of carbonyl (C=O) groups excluding carboxylic acids is 5. The number of imide groups is 1. The summed E-state index contributed by atoms with van der Waals surface area (Å²) in [5.74, 6) is -4.91. The largest absolute Gasteiger partial charge is 1.00 e. The van der Waals surface area contributed by atoms with Crippen LogP contribution < -0.4 is 128 Å². The van der Waals surface area contributed by atoms with Crippen molar-refractivity contribution in [3.05, 3.63) is 24.5 Å². The minimum Gasteiger partial charge on any atom is -0.726 e. The first-order valence-electron chi connectivity index (χ1n) is 21.3. The van der Waals surface area contributed by atoms with E-state index in [0.717, 1.165) is 0 Å². The van der Waals surface area contributed by atoms with Crippen LogP contribution in [0.4, 0.5) is 0 Å². The smallest absolute Gasteiger partial charge is 0.726 e. The summed E-state index contributed by atoms with van der Waals surface area (Å²) in [5.41, 5.74) is 8.45. The van der Waals surface area contributed by atoms with Crippen molar-refractivity contribution in [2.24, 2.45) is 11.8 Å². The number of carboxylic acids is 2. The Morgan fingerprint density at radius 1 is 0.843 bits per heavy atom. The first kappa shape index (κ1) is 70.1. The van der Waals surface area contributed by atoms with Crippen LogP contribution in [0.25, 0.3) is 5.73 Å². The van der Waals surface area contributed by atoms with Gasteiger partial charge in [0.25, 0.3) is 0 Å². The minimum atomic E-state index is -4.92. The summed E-state index contributed by atoms with van der Waals surface area (Å²) in [5, 5.41) is 72.4. The van der Waals surface area contributed by atoms with E-state index in [1.165, 1.54) is 14.5 Å². The molecule has 32 heteroatoms. The number of likely N-dealkylation sites (tertiary alicyclic amines) is 1. The molecule has 5 rings (SSSR count). The number of aliphatic hydroxyl groups excluding tert-OH is 4. The van der Waals surface area contributed by atoms with Crippen LogP contribution in [0.1, 0.15) is 64.5 Å². The molecule has 14 atom stereocenters. The molecule has 0 saturated carbocycles. The number of hydrogen-bond donors (Lipinski definition) is 5. The Bertz CT molecular complexity index is 1880. The predicted molar refractivity (Wildman–Crippen MR) is 210 cm³/mol. The third kappa shape index (κ3) is 20.2. The summed E-state index contributed by atoms with van der Waals surface area (Å²) in [4.78, 5) is 65.1. The van der Waals surface area contributed by atoms with Gasteiger partial charge < -0.3 is 90.8 Å². The molecule has 0 aliphatic carbocycles. The molecule has 70 heavy (non-hydrogen) atoms. The second-order valence-electron chi connectivity index (χ2n) is 15.9. The Balaban J connectivity index is 0.00000503. The normalized spacial score (nSPS) is 30.3. The van der Waals surface area contributed by atoms with E-state index in [1.807, 2.05) is 13.8 Å². The van der Waals surface area contributed by atoms with E-state index in [2.05, 4.69) is 17.2 Å². The van der Waals surface area contributed by atoms with Crippen LogP contribution in [0.15, 0.2) is 6.20 Å². The molecule has 4 aliphatic heterocycles. The molecule has 4 fully saturated rings. The Hall–Kier alpha value is 0.120. The van der Waals surface area contributed by atoms with E-state index in [1.54, 1.807) is 6.20 Å². The van der Waals surface area contributed by atoms with Crippen LogP contribution in [-0.4, -0.2) is 199 Å². The van der Waals surface area contributed by atoms with Gasteiger partial charge in [-0.25, -0.2) is 13.1 Å². The van der Waals surface area contributed by atoms with Gasteiger partial charge in [0, 0.05) is 25.5 Å². The average Bonchev–Trinajstić information content (AvgIpc) is 3.94. The number of carbonyl (C=O) groups is 5. The molecule has 4 saturated heterocycles. The number of unbranched alkanes of at least 4 members (excludes halogenated alkanes) is 2. The summed E-state index contributed by atoms with van der Waals surface area (Å²) in [6.45, 7) is 7.93. The van der Waals surface area contributed by atoms with Gasteiger partial charge in [0.2, 0.25) is 28.1 Å². The summed E-state index contributed by atoms with van der Waals surface area (Å²) in [6.07, 6.45) is -12.0. The SMILES string of the molecule is O=S(=O)([O-])O.[CH2-]C1O[C@H](O[C@@H]2C(C(=O)[O-])O[C@@H](OCCOCCn3cc(CN(CCCCCN4C(=O)[C@@H]5[C@H](C4=O)[C@H](CC)O[C@@H]5CC)C(=O)CCC(=O)[O-])nn3)C(O)[C@H]2O)C([NH-])[C@@H](O)[C@@H]1O.[Na+].[Na+].[Na+].[Na+]. The molecular weight excluding hydrogens is 1000 g/mol. The number of fused-ring (bicyclic) bond motifs is 1. The van der Waals surface area contributed by atoms with Crippen molar-refractivity contribution in [1.29, 1.82) is 0 Å². The summed E-state index contributed by atoms with van der Waals surface area (Å²) >= 11 is 0. The van der Waals surface area contributed by atoms with E-state index in [-0.39, 0.29) is 195 Å². The Labute approximate surface area is 493 Å². The molecule has 0 spiro atoms. The minimum absolute atomic E-state index is 0. The number of aliphatic carboxylic acids is 2. The number of aromatic nitrogens is 3. The molecule has 0 radical (unpaired) electrons. The van der Waals surface area contributed by atoms with Gasteiger partial charge in [-0.3, -0.25) is 23.8 Å². The topological polar surface area (TPSA) is 406 Å². The number of hydrogen-bond acceptors (Lipinski definition) is 22. The van der Waals surface area contributed by atoms with Crippen molar-refractivity contribution in [2.45, 2.75) is 145 Å². The van der Waals surface area contributed by atoms with Crippen molar-refractivity contribution < 1.29 is 219 Å². The van der Waals surface area contributed by atoms with Crippen molar-refractivity contribution in [3.8, 4) is 0 Å². The Kier molecular flexibility index (Phi) is 33.4. The van der Waals surface area contributed by atoms with Gasteiger partial charge in [0.1, 0.15) is 36.4 Å². The van der Waals surface area contributed by atoms with Gasteiger partial charge in [0.15, 0.2) is 6.29 Å². The molecule has 1 aromatic heterocycles. The summed E-state index contributed by atoms with van der Waals surface area (Å²) < 4.78 is 67.2. The van der Waals surface area contributed by atoms with Gasteiger partial charge >= 0.3 is 118 Å². The fraction of sp³-hybridized carbons (Fsp3) is 0.789. The fourth-order valence-corrected chi connectivity index (χ4v) is 8.00. The number of amides is 3. The Morgan fingerprint density at radius 3 is 2.00 bits per heavy atom. The monoisotopic (exact) mass is 1060 g/mol. The van der Waals surface area contributed by atoms with E-state index in [9.17, 15) is 54.6 Å². The third-order valence-electron chi connectivity index (χ3n) is 11.3. The van der Waals surface area contributed by atoms with Crippen LogP contribution in [0, 0.1) is 18.8 Å². The number of carboxylic acid groups (broad SMARTS) is 2. The number of nitrogens with zero attached hydrogens (tertiary/aromatic N) is 5. The molecule has 5 heterocycles. The predicted octanol–water partition coefficient (Wildman–Crippen LogP) is -17.2. The number of rotatable bonds is 23. The molecule has 0 aromatic carbocycles. The van der Waals surface area contributed by atoms with Gasteiger partial charge in [-0.1, -0.05) is 25.1 Å². The summed E-state index contributed by atoms with van der Waals surface area (Å²) in [6, 6.07) is -1.61. The molecule has 6 N–H and O–H groups in total. The second-order valence-corrected chi connectivity index (χ2v) is 16.8. The van der Waals surface area contributed by atoms with Gasteiger partial charge in [-0.05, 0) is 44.6 Å². The van der Waals surface area contributed by atoms with Crippen LogP contribution in [0.3, 0.4) is 0 Å². The van der Waals surface area contributed by atoms with Crippen molar-refractivity contribution in [2.75, 3.05) is 32.9 Å². The third-order valence-corrected chi connectivity index (χ3v) is 11.3. The van der Waals surface area contributed by atoms with E-state index in [4.69, 9.17) is 51.7 Å². The maximum Gasteiger partial charge on any atom is 1.00 e. The first-order chi connectivity index (χ1) is 31.1. The zero-order valence-corrected chi connectivity index (χ0v) is 49.0. The first-order valence-corrected chi connectivity index (χ1v) is 22.6. The average molecular weight is 1060 g/mol. The molecule has 27 nitrogen and oxygen atoms in total. The van der Waals surface area contributed by atoms with E-state index >= 15 is 0 Å². The van der Waals surface area contributed by atoms with Crippen molar-refractivity contribution in [1.82, 2.24) is 24.8 Å². The van der Waals surface area contributed by atoms with E-state index in [0.29, 0.717) is 37.8 Å². The molecule has 3 amide bonds. The second kappa shape index (κ2) is 33.3. The van der Waals surface area contributed by atoms with Crippen molar-refractivity contribution >= 4 is 40.1 Å². The molecule has 1 aromatic rings. The standard InChI is InChI=1S/C38H58N6O17.4Na.H2O4S/c1-4-21-25-26(22(5-2)59-21)35(53)44(34(25)52)12-8-6-7-11-42(23(45)9-10-24(46)47)17-20-18-43(41-40-20)13-14-56-15-16-57-38-31(51)30(50)32(33(61-38)36(54)55)60-37-27(39)29(49)28(48)19(3)58-37;;;;;1-5(2,3)4/h18-19,21-22,25-33,37-39,48-51H,3-17H2,1-2H3,(H,46,47)(H,54,55);;;;;(H2,1,2,3,4)/q-2;4*+1;/p-3/t19?,21-,22+,25+,26-,27?,28-,29-,30-,31?,32+,33?,37-,38-;;;;;/m1...../s1. The van der Waals surface area contributed by atoms with Crippen LogP contribution in [-0.2, 0) is 75.9 Å². The zero-order valence-electron chi connectivity index (χ0n) is 40.2. The van der Waals surface area contributed by atoms with Gasteiger partial charge in [-0.2, -0.15) is 0 Å². The van der Waals surface area contributed by atoms with Crippen LogP contribution in [0.5, 0.6) is 0 Å². The number of ether oxygens (including phenoxy) is 6. The van der Waals surface area contributed by atoms with Crippen LogP contribution in [0.2, 0.25) is 0 Å². The molecule has 4 unspecified atom stereocenters. The molecular formula is C38H57N6Na4O21S-. The molecule has 4 aliphatic rings. The van der Waals surface area contributed by atoms with Crippen molar-refractivity contribution in [3.63, 3.8) is 0 Å². The molecule has 376 valence electrons. The maximum absolute atomic E-state index is 13.2. The summed E-state index contributed by atoms with van der Waals surface area (Å²) in [7, 11) is -4.92. The number of aliphatic hydroxyl groups is 4. The van der Waals surface area contributed by atoms with Gasteiger partial charge in [-0.15, -0.1) is 5.10 Å². The van der Waals surface area contributed by atoms with Crippen LogP contribution >= 0.6 is 0 Å². The van der Waals surface area contributed by atoms with E-state index < -0.39 is 108 Å². The molecule has 0 bridgehead atoms. The zero-order chi connectivity index (χ0) is 49.0. The maximum atomic E-state index is 13.2. The quantitative estimate of drug-likeness (QED) is 0.0170.